The van der Waals surface area contributed by atoms with E-state index < -0.39 is 0 Å². The lowest BCUT2D eigenvalue weighted by molar-refractivity contribution is -0.121. The monoisotopic (exact) mass is 261 g/mol. The summed E-state index contributed by atoms with van der Waals surface area (Å²) in [6.07, 6.45) is 2.78. The van der Waals surface area contributed by atoms with Crippen LogP contribution in [0.1, 0.15) is 32.3 Å². The third-order valence-corrected chi connectivity index (χ3v) is 3.38. The fourth-order valence-electron chi connectivity index (χ4n) is 2.53. The molecule has 0 spiro atoms. The molecule has 0 radical (unpaired) electrons. The maximum atomic E-state index is 11.7. The second-order valence-electron chi connectivity index (χ2n) is 5.45. The number of hydrogen-bond donors (Lipinski definition) is 2. The Morgan fingerprint density at radius 3 is 3.00 bits per heavy atom. The summed E-state index contributed by atoms with van der Waals surface area (Å²) in [6.45, 7) is 5.73. The number of amides is 1. The number of benzene rings is 1. The summed E-state index contributed by atoms with van der Waals surface area (Å²) in [5, 5.41) is 2.93. The Labute approximate surface area is 115 Å². The first-order valence-electron chi connectivity index (χ1n) is 6.99. The lowest BCUT2D eigenvalue weighted by Crippen LogP contribution is -2.36. The fourth-order valence-corrected chi connectivity index (χ4v) is 2.53. The van der Waals surface area contributed by atoms with E-state index in [-0.39, 0.29) is 11.9 Å². The molecule has 0 bridgehead atoms. The molecule has 104 valence electrons. The average Bonchev–Trinajstić information content (AvgIpc) is 2.35. The summed E-state index contributed by atoms with van der Waals surface area (Å²) in [6, 6.07) is 6.28. The highest BCUT2D eigenvalue weighted by Gasteiger charge is 2.17. The van der Waals surface area contributed by atoms with Crippen LogP contribution in [0.25, 0.3) is 0 Å². The van der Waals surface area contributed by atoms with Crippen molar-refractivity contribution in [1.82, 2.24) is 5.32 Å². The zero-order valence-corrected chi connectivity index (χ0v) is 11.8. The van der Waals surface area contributed by atoms with Gasteiger partial charge in [0, 0.05) is 36.9 Å². The standard InChI is InChI=1S/C15H23N3O/c1-11(2)17-15(19)7-9-18-8-3-4-12-5-6-13(16)10-14(12)18/h5-6,10-11H,3-4,7-9,16H2,1-2H3,(H,17,19). The quantitative estimate of drug-likeness (QED) is 0.814. The Balaban J connectivity index is 1.99. The van der Waals surface area contributed by atoms with Crippen LogP contribution in [0.2, 0.25) is 0 Å². The number of aryl methyl sites for hydroxylation is 1. The highest BCUT2D eigenvalue weighted by molar-refractivity contribution is 5.77. The van der Waals surface area contributed by atoms with E-state index in [4.69, 9.17) is 5.73 Å². The van der Waals surface area contributed by atoms with Gasteiger partial charge in [-0.05, 0) is 44.4 Å². The van der Waals surface area contributed by atoms with E-state index in [1.807, 2.05) is 26.0 Å². The third kappa shape index (κ3) is 3.63. The maximum Gasteiger partial charge on any atom is 0.221 e. The minimum absolute atomic E-state index is 0.117. The second kappa shape index (κ2) is 5.95. The number of rotatable bonds is 4. The lowest BCUT2D eigenvalue weighted by Gasteiger charge is -2.31. The number of nitrogens with one attached hydrogen (secondary N) is 1. The smallest absolute Gasteiger partial charge is 0.221 e. The number of fused-ring (bicyclic) bond motifs is 1. The summed E-state index contributed by atoms with van der Waals surface area (Å²) in [4.78, 5) is 14.0. The Kier molecular flexibility index (Phi) is 4.30. The van der Waals surface area contributed by atoms with Crippen molar-refractivity contribution in [2.75, 3.05) is 23.7 Å². The first-order chi connectivity index (χ1) is 9.06. The minimum Gasteiger partial charge on any atom is -0.399 e. The van der Waals surface area contributed by atoms with Crippen LogP contribution < -0.4 is 16.0 Å². The predicted molar refractivity (Wildman–Crippen MR) is 79.3 cm³/mol. The van der Waals surface area contributed by atoms with Crippen LogP contribution in [0.4, 0.5) is 11.4 Å². The molecule has 0 atom stereocenters. The molecule has 2 rings (SSSR count). The molecule has 1 aliphatic heterocycles. The predicted octanol–water partition coefficient (Wildman–Crippen LogP) is 1.94. The molecule has 0 saturated heterocycles. The first kappa shape index (κ1) is 13.7. The molecule has 0 fully saturated rings. The SMILES string of the molecule is CC(C)NC(=O)CCN1CCCc2ccc(N)cc21. The molecule has 3 N–H and O–H groups in total. The van der Waals surface area contributed by atoms with Gasteiger partial charge in [0.25, 0.3) is 0 Å². The van der Waals surface area contributed by atoms with Crippen LogP contribution in [0.3, 0.4) is 0 Å². The molecular formula is C15H23N3O. The number of hydrogen-bond acceptors (Lipinski definition) is 3. The van der Waals surface area contributed by atoms with Crippen molar-refractivity contribution >= 4 is 17.3 Å². The topological polar surface area (TPSA) is 58.4 Å². The normalized spacial score (nSPS) is 14.4. The highest BCUT2D eigenvalue weighted by Crippen LogP contribution is 2.29. The lowest BCUT2D eigenvalue weighted by atomic mass is 10.0. The van der Waals surface area contributed by atoms with Crippen LogP contribution in [0, 0.1) is 0 Å². The number of carbonyl (C=O) groups is 1. The Morgan fingerprint density at radius 1 is 1.47 bits per heavy atom. The summed E-state index contributed by atoms with van der Waals surface area (Å²) in [5.74, 6) is 0.117. The molecule has 1 aromatic rings. The van der Waals surface area contributed by atoms with E-state index in [0.29, 0.717) is 6.42 Å². The molecule has 4 heteroatoms. The zero-order chi connectivity index (χ0) is 13.8. The van der Waals surface area contributed by atoms with Gasteiger partial charge in [0.05, 0.1) is 0 Å². The van der Waals surface area contributed by atoms with Gasteiger partial charge in [0.2, 0.25) is 5.91 Å². The van der Waals surface area contributed by atoms with E-state index >= 15 is 0 Å². The van der Waals surface area contributed by atoms with E-state index in [0.717, 1.165) is 31.6 Å². The molecule has 1 amide bonds. The van der Waals surface area contributed by atoms with Gasteiger partial charge >= 0.3 is 0 Å². The largest absolute Gasteiger partial charge is 0.399 e. The van der Waals surface area contributed by atoms with Crippen LogP contribution in [0.5, 0.6) is 0 Å². The molecule has 19 heavy (non-hydrogen) atoms. The van der Waals surface area contributed by atoms with Crippen molar-refractivity contribution in [3.05, 3.63) is 23.8 Å². The van der Waals surface area contributed by atoms with Crippen LogP contribution >= 0.6 is 0 Å². The summed E-state index contributed by atoms with van der Waals surface area (Å²) < 4.78 is 0. The zero-order valence-electron chi connectivity index (χ0n) is 11.8. The average molecular weight is 261 g/mol. The molecule has 0 aliphatic carbocycles. The fraction of sp³-hybridized carbons (Fsp3) is 0.533. The van der Waals surface area contributed by atoms with E-state index in [1.165, 1.54) is 11.3 Å². The van der Waals surface area contributed by atoms with Crippen molar-refractivity contribution in [2.45, 2.75) is 39.2 Å². The highest BCUT2D eigenvalue weighted by atomic mass is 16.1. The van der Waals surface area contributed by atoms with Crippen molar-refractivity contribution in [3.8, 4) is 0 Å². The first-order valence-corrected chi connectivity index (χ1v) is 6.99. The van der Waals surface area contributed by atoms with Gasteiger partial charge < -0.3 is 16.0 Å². The van der Waals surface area contributed by atoms with Gasteiger partial charge in [-0.3, -0.25) is 4.79 Å². The van der Waals surface area contributed by atoms with Gasteiger partial charge in [-0.25, -0.2) is 0 Å². The number of carbonyl (C=O) groups excluding carboxylic acids is 1. The van der Waals surface area contributed by atoms with E-state index in [1.54, 1.807) is 0 Å². The number of nitrogens with zero attached hydrogens (tertiary/aromatic N) is 1. The second-order valence-corrected chi connectivity index (χ2v) is 5.45. The Morgan fingerprint density at radius 2 is 2.26 bits per heavy atom. The van der Waals surface area contributed by atoms with Crippen molar-refractivity contribution in [1.29, 1.82) is 0 Å². The number of anilines is 2. The molecule has 1 aromatic carbocycles. The van der Waals surface area contributed by atoms with Gasteiger partial charge in [-0.15, -0.1) is 0 Å². The Bertz CT molecular complexity index is 457. The van der Waals surface area contributed by atoms with Crippen molar-refractivity contribution in [3.63, 3.8) is 0 Å². The molecular weight excluding hydrogens is 238 g/mol. The van der Waals surface area contributed by atoms with Crippen LogP contribution in [-0.2, 0) is 11.2 Å². The third-order valence-electron chi connectivity index (χ3n) is 3.38. The molecule has 0 aromatic heterocycles. The maximum absolute atomic E-state index is 11.7. The molecule has 4 nitrogen and oxygen atoms in total. The number of nitrogens with two attached hydrogens (primary N) is 1. The summed E-state index contributed by atoms with van der Waals surface area (Å²) >= 11 is 0. The minimum atomic E-state index is 0.117. The van der Waals surface area contributed by atoms with Gasteiger partial charge in [-0.2, -0.15) is 0 Å². The molecule has 1 aliphatic rings. The van der Waals surface area contributed by atoms with Gasteiger partial charge in [0.1, 0.15) is 0 Å². The summed E-state index contributed by atoms with van der Waals surface area (Å²) in [7, 11) is 0. The van der Waals surface area contributed by atoms with Crippen LogP contribution in [0.15, 0.2) is 18.2 Å². The molecule has 0 unspecified atom stereocenters. The molecule has 0 saturated carbocycles. The van der Waals surface area contributed by atoms with E-state index in [9.17, 15) is 4.79 Å². The van der Waals surface area contributed by atoms with Crippen LogP contribution in [-0.4, -0.2) is 25.0 Å². The van der Waals surface area contributed by atoms with Crippen molar-refractivity contribution < 1.29 is 4.79 Å². The van der Waals surface area contributed by atoms with Gasteiger partial charge in [-0.1, -0.05) is 6.07 Å². The molecule has 1 heterocycles. The summed E-state index contributed by atoms with van der Waals surface area (Å²) in [5.41, 5.74) is 9.18. The van der Waals surface area contributed by atoms with E-state index in [2.05, 4.69) is 16.3 Å². The Hall–Kier alpha value is -1.71. The van der Waals surface area contributed by atoms with Crippen molar-refractivity contribution in [2.24, 2.45) is 0 Å². The number of nitrogen functional groups attached to an aromatic ring is 1. The van der Waals surface area contributed by atoms with Gasteiger partial charge in [0.15, 0.2) is 0 Å².